The average Bonchev–Trinajstić information content (AvgIpc) is 3.81. The van der Waals surface area contributed by atoms with E-state index in [4.69, 9.17) is 46.4 Å². The van der Waals surface area contributed by atoms with E-state index in [1.807, 2.05) is 0 Å². The fraction of sp³-hybridized carbons (Fsp3) is 0.389. The van der Waals surface area contributed by atoms with Gasteiger partial charge in [0.05, 0.1) is 56.1 Å². The average molecular weight is 919 g/mol. The van der Waals surface area contributed by atoms with Crippen LogP contribution in [0.15, 0.2) is 48.8 Å². The van der Waals surface area contributed by atoms with E-state index < -0.39 is 31.9 Å². The molecule has 2 aromatic heterocycles. The predicted octanol–water partition coefficient (Wildman–Crippen LogP) is 4.59. The number of benzene rings is 2. The first-order chi connectivity index (χ1) is 27.3. The molecule has 2 aliphatic rings. The molecule has 0 radical (unpaired) electrons. The van der Waals surface area contributed by atoms with Gasteiger partial charge in [0.1, 0.15) is 11.4 Å². The summed E-state index contributed by atoms with van der Waals surface area (Å²) in [5.74, 6) is -1.43. The number of hydrogen-bond acceptors (Lipinski definition) is 10. The standard InChI is InChI=1S/2C18H20Cl2N4O4S/c2*1-29(27,28)24-7-5-12(6-8-24)22-18(26)17-11(10-21-23-17)9-15(25)16-13(19)3-2-4-14(16)20/h2*2-4,10,12H,5-9H2,1H3,(H,21,23)(H,22,26). The van der Waals surface area contributed by atoms with Crippen molar-refractivity contribution in [3.05, 3.63) is 103 Å². The van der Waals surface area contributed by atoms with Crippen molar-refractivity contribution in [1.82, 2.24) is 39.6 Å². The number of carbonyl (C=O) groups excluding carboxylic acids is 4. The van der Waals surface area contributed by atoms with E-state index in [0.717, 1.165) is 0 Å². The molecule has 0 spiro atoms. The topological polar surface area (TPSA) is 224 Å². The van der Waals surface area contributed by atoms with Crippen LogP contribution in [0, 0.1) is 0 Å². The van der Waals surface area contributed by atoms with Gasteiger partial charge in [0.2, 0.25) is 20.0 Å². The number of aromatic nitrogens is 4. The Bertz CT molecular complexity index is 2190. The predicted molar refractivity (Wildman–Crippen MR) is 220 cm³/mol. The minimum Gasteiger partial charge on any atom is -0.348 e. The molecule has 4 heterocycles. The molecule has 0 atom stereocenters. The maximum atomic E-state index is 12.6. The number of H-pyrrole nitrogens is 2. The molecular weight excluding hydrogens is 878 g/mol. The SMILES string of the molecule is CS(=O)(=O)N1CCC(NC(=O)c2[nH]ncc2CC(=O)c2c(Cl)cccc2Cl)CC1.CS(=O)(=O)N1CCC(NC(=O)c2[nH]ncc2CC(=O)c2c(Cl)cccc2Cl)CC1. The van der Waals surface area contributed by atoms with Crippen LogP contribution in [0.2, 0.25) is 20.1 Å². The summed E-state index contributed by atoms with van der Waals surface area (Å²) in [6.45, 7) is 1.40. The molecule has 312 valence electrons. The van der Waals surface area contributed by atoms with Gasteiger partial charge in [0.25, 0.3) is 11.8 Å². The highest BCUT2D eigenvalue weighted by Crippen LogP contribution is 2.28. The Kier molecular flexibility index (Phi) is 15.2. The second-order valence-corrected chi connectivity index (χ2v) is 19.3. The minimum atomic E-state index is -3.23. The number of nitrogens with one attached hydrogen (secondary N) is 4. The van der Waals surface area contributed by atoms with Crippen LogP contribution < -0.4 is 10.6 Å². The third-order valence-electron chi connectivity index (χ3n) is 9.59. The normalized spacial score (nSPS) is 16.0. The number of halogens is 4. The largest absolute Gasteiger partial charge is 0.348 e. The first-order valence-corrected chi connectivity index (χ1v) is 23.0. The van der Waals surface area contributed by atoms with Gasteiger partial charge in [-0.2, -0.15) is 10.2 Å². The van der Waals surface area contributed by atoms with Crippen molar-refractivity contribution < 1.29 is 36.0 Å². The summed E-state index contributed by atoms with van der Waals surface area (Å²) < 4.78 is 49.1. The molecule has 58 heavy (non-hydrogen) atoms. The molecule has 2 fully saturated rings. The third-order valence-corrected chi connectivity index (χ3v) is 13.5. The first-order valence-electron chi connectivity index (χ1n) is 17.8. The highest BCUT2D eigenvalue weighted by molar-refractivity contribution is 7.88. The van der Waals surface area contributed by atoms with Gasteiger partial charge >= 0.3 is 0 Å². The van der Waals surface area contributed by atoms with Crippen LogP contribution in [0.3, 0.4) is 0 Å². The van der Waals surface area contributed by atoms with E-state index in [-0.39, 0.29) is 79.1 Å². The van der Waals surface area contributed by atoms with Gasteiger partial charge < -0.3 is 10.6 Å². The van der Waals surface area contributed by atoms with Crippen LogP contribution >= 0.6 is 46.4 Å². The van der Waals surface area contributed by atoms with Crippen LogP contribution in [0.25, 0.3) is 0 Å². The molecule has 16 nitrogen and oxygen atoms in total. The first kappa shape index (κ1) is 45.2. The summed E-state index contributed by atoms with van der Waals surface area (Å²) in [6.07, 6.45) is 7.05. The second-order valence-electron chi connectivity index (χ2n) is 13.8. The number of nitrogens with zero attached hydrogens (tertiary/aromatic N) is 4. The van der Waals surface area contributed by atoms with E-state index in [1.165, 1.54) is 33.5 Å². The number of amides is 2. The lowest BCUT2D eigenvalue weighted by atomic mass is 10.0. The lowest BCUT2D eigenvalue weighted by Crippen LogP contribution is -2.46. The third kappa shape index (κ3) is 11.7. The molecule has 0 unspecified atom stereocenters. The number of piperidine rings is 2. The molecule has 2 aliphatic heterocycles. The van der Waals surface area contributed by atoms with Crippen LogP contribution in [-0.2, 0) is 32.9 Å². The molecule has 4 aromatic rings. The zero-order valence-electron chi connectivity index (χ0n) is 31.2. The number of aromatic amines is 2. The van der Waals surface area contributed by atoms with Gasteiger partial charge in [-0.3, -0.25) is 29.4 Å². The monoisotopic (exact) mass is 916 g/mol. The fourth-order valence-electron chi connectivity index (χ4n) is 6.51. The maximum absolute atomic E-state index is 12.6. The van der Waals surface area contributed by atoms with Crippen LogP contribution in [0.4, 0.5) is 0 Å². The van der Waals surface area contributed by atoms with Crippen molar-refractivity contribution in [2.24, 2.45) is 0 Å². The number of rotatable bonds is 12. The molecule has 22 heteroatoms. The lowest BCUT2D eigenvalue weighted by molar-refractivity contribution is 0.0907. The van der Waals surface area contributed by atoms with E-state index in [1.54, 1.807) is 36.4 Å². The van der Waals surface area contributed by atoms with Gasteiger partial charge in [-0.15, -0.1) is 0 Å². The van der Waals surface area contributed by atoms with E-state index >= 15 is 0 Å². The molecule has 2 aromatic carbocycles. The highest BCUT2D eigenvalue weighted by Gasteiger charge is 2.29. The van der Waals surface area contributed by atoms with Gasteiger partial charge in [0.15, 0.2) is 11.6 Å². The summed E-state index contributed by atoms with van der Waals surface area (Å²) in [5, 5.41) is 19.7. The van der Waals surface area contributed by atoms with E-state index in [0.29, 0.717) is 63.0 Å². The maximum Gasteiger partial charge on any atom is 0.269 e. The van der Waals surface area contributed by atoms with Crippen LogP contribution in [-0.4, -0.2) is 120 Å². The highest BCUT2D eigenvalue weighted by atomic mass is 35.5. The Morgan fingerprint density at radius 2 is 0.931 bits per heavy atom. The number of hydrogen-bond donors (Lipinski definition) is 4. The van der Waals surface area contributed by atoms with Gasteiger partial charge in [-0.05, 0) is 49.9 Å². The summed E-state index contributed by atoms with van der Waals surface area (Å²) in [4.78, 5) is 50.6. The van der Waals surface area contributed by atoms with E-state index in [2.05, 4.69) is 31.0 Å². The minimum absolute atomic E-state index is 0.0881. The van der Waals surface area contributed by atoms with Crippen LogP contribution in [0.1, 0.15) is 78.5 Å². The number of ketones is 2. The lowest BCUT2D eigenvalue weighted by Gasteiger charge is -2.30. The molecule has 6 rings (SSSR count). The number of sulfonamides is 2. The van der Waals surface area contributed by atoms with Crippen molar-refractivity contribution in [2.75, 3.05) is 38.7 Å². The van der Waals surface area contributed by atoms with Crippen molar-refractivity contribution >= 4 is 89.8 Å². The summed E-state index contributed by atoms with van der Waals surface area (Å²) in [5.41, 5.74) is 1.64. The summed E-state index contributed by atoms with van der Waals surface area (Å²) in [7, 11) is -6.46. The fourth-order valence-corrected chi connectivity index (χ4v) is 9.48. The summed E-state index contributed by atoms with van der Waals surface area (Å²) >= 11 is 24.3. The van der Waals surface area contributed by atoms with Gasteiger partial charge in [-0.25, -0.2) is 25.4 Å². The number of carbonyl (C=O) groups is 4. The Balaban J connectivity index is 0.000000221. The van der Waals surface area contributed by atoms with E-state index in [9.17, 15) is 36.0 Å². The molecule has 2 amide bonds. The zero-order valence-corrected chi connectivity index (χ0v) is 35.9. The van der Waals surface area contributed by atoms with Crippen molar-refractivity contribution in [3.8, 4) is 0 Å². The Labute approximate surface area is 355 Å². The summed E-state index contributed by atoms with van der Waals surface area (Å²) in [6, 6.07) is 9.27. The molecule has 2 saturated heterocycles. The molecular formula is C36H40Cl4N8O8S2. The van der Waals surface area contributed by atoms with Crippen molar-refractivity contribution in [1.29, 1.82) is 0 Å². The molecule has 0 saturated carbocycles. The Hall–Kier alpha value is -3.88. The quantitative estimate of drug-likeness (QED) is 0.145. The Morgan fingerprint density at radius 3 is 1.22 bits per heavy atom. The van der Waals surface area contributed by atoms with Gasteiger partial charge in [0, 0.05) is 62.2 Å². The molecule has 0 aliphatic carbocycles. The molecule has 0 bridgehead atoms. The zero-order chi connectivity index (χ0) is 42.4. The second kappa shape index (κ2) is 19.5. The smallest absolute Gasteiger partial charge is 0.269 e. The van der Waals surface area contributed by atoms with Gasteiger partial charge in [-0.1, -0.05) is 58.5 Å². The van der Waals surface area contributed by atoms with Crippen molar-refractivity contribution in [2.45, 2.75) is 50.6 Å². The molecule has 4 N–H and O–H groups in total. The Morgan fingerprint density at radius 1 is 0.621 bits per heavy atom. The van der Waals surface area contributed by atoms with Crippen LogP contribution in [0.5, 0.6) is 0 Å². The van der Waals surface area contributed by atoms with Crippen molar-refractivity contribution in [3.63, 3.8) is 0 Å². The number of Topliss-reactive ketones (excluding diaryl/α,β-unsaturated/α-hetero) is 2.